The van der Waals surface area contributed by atoms with Crippen molar-refractivity contribution in [2.24, 2.45) is 11.7 Å². The molecule has 2 N–H and O–H groups in total. The van der Waals surface area contributed by atoms with Gasteiger partial charge in [-0.05, 0) is 32.6 Å². The fourth-order valence-electron chi connectivity index (χ4n) is 1.49. The van der Waals surface area contributed by atoms with Crippen LogP contribution in [0.25, 0.3) is 0 Å². The zero-order valence-corrected chi connectivity index (χ0v) is 14.0. The first-order valence-electron chi connectivity index (χ1n) is 7.15. The number of ketones is 1. The van der Waals surface area contributed by atoms with Crippen LogP contribution >= 0.6 is 11.8 Å². The first-order valence-corrected chi connectivity index (χ1v) is 8.31. The molecule has 6 heteroatoms. The zero-order chi connectivity index (χ0) is 16.3. The van der Waals surface area contributed by atoms with E-state index in [0.717, 1.165) is 17.9 Å². The van der Waals surface area contributed by atoms with Crippen LogP contribution in [0, 0.1) is 5.92 Å². The number of carbonyl (C=O) groups excluding carboxylic acids is 2. The van der Waals surface area contributed by atoms with E-state index < -0.39 is 12.1 Å². The highest BCUT2D eigenvalue weighted by molar-refractivity contribution is 7.99. The molecular formula is C15H27NO4S. The maximum Gasteiger partial charge on any atom is 0.333 e. The van der Waals surface area contributed by atoms with E-state index in [4.69, 9.17) is 15.2 Å². The minimum Gasteiger partial charge on any atom is -0.460 e. The molecule has 0 amide bonds. The molecule has 0 heterocycles. The van der Waals surface area contributed by atoms with Gasteiger partial charge in [0, 0.05) is 17.2 Å². The second-order valence-electron chi connectivity index (χ2n) is 4.95. The van der Waals surface area contributed by atoms with Crippen LogP contribution in [0.5, 0.6) is 0 Å². The number of ether oxygens (including phenoxy) is 2. The SMILES string of the molecule is C=C(C)C(=O)OCCOC(C)C(=O)C(C)CSCCCN. The molecule has 0 fully saturated rings. The Balaban J connectivity index is 3.83. The van der Waals surface area contributed by atoms with E-state index in [2.05, 4.69) is 6.58 Å². The van der Waals surface area contributed by atoms with Gasteiger partial charge in [-0.1, -0.05) is 13.5 Å². The maximum absolute atomic E-state index is 12.1. The van der Waals surface area contributed by atoms with E-state index in [1.807, 2.05) is 6.92 Å². The van der Waals surface area contributed by atoms with E-state index in [1.54, 1.807) is 25.6 Å². The average Bonchev–Trinajstić information content (AvgIpc) is 2.46. The molecule has 0 aliphatic heterocycles. The molecule has 0 rings (SSSR count). The van der Waals surface area contributed by atoms with Crippen molar-refractivity contribution in [1.29, 1.82) is 0 Å². The third-order valence-electron chi connectivity index (χ3n) is 2.78. The van der Waals surface area contributed by atoms with Crippen LogP contribution in [-0.2, 0) is 19.1 Å². The first kappa shape index (κ1) is 20.1. The number of hydrogen-bond donors (Lipinski definition) is 1. The van der Waals surface area contributed by atoms with E-state index in [9.17, 15) is 9.59 Å². The van der Waals surface area contributed by atoms with E-state index in [0.29, 0.717) is 12.1 Å². The monoisotopic (exact) mass is 317 g/mol. The quantitative estimate of drug-likeness (QED) is 0.336. The molecule has 5 nitrogen and oxygen atoms in total. The van der Waals surface area contributed by atoms with Gasteiger partial charge in [-0.2, -0.15) is 11.8 Å². The summed E-state index contributed by atoms with van der Waals surface area (Å²) < 4.78 is 10.3. The van der Waals surface area contributed by atoms with Crippen LogP contribution in [0.4, 0.5) is 0 Å². The second kappa shape index (κ2) is 11.8. The third kappa shape index (κ3) is 9.66. The predicted octanol–water partition coefficient (Wildman–Crippen LogP) is 1.80. The van der Waals surface area contributed by atoms with Gasteiger partial charge in [0.25, 0.3) is 0 Å². The van der Waals surface area contributed by atoms with Gasteiger partial charge in [-0.25, -0.2) is 4.79 Å². The van der Waals surface area contributed by atoms with Crippen molar-refractivity contribution >= 4 is 23.5 Å². The number of hydrogen-bond acceptors (Lipinski definition) is 6. The molecule has 2 unspecified atom stereocenters. The van der Waals surface area contributed by atoms with E-state index >= 15 is 0 Å². The fraction of sp³-hybridized carbons (Fsp3) is 0.733. The molecule has 21 heavy (non-hydrogen) atoms. The molecule has 0 spiro atoms. The second-order valence-corrected chi connectivity index (χ2v) is 6.10. The fourth-order valence-corrected chi connectivity index (χ4v) is 2.55. The van der Waals surface area contributed by atoms with Gasteiger partial charge in [0.1, 0.15) is 12.7 Å². The summed E-state index contributed by atoms with van der Waals surface area (Å²) in [6.07, 6.45) is 0.477. The summed E-state index contributed by atoms with van der Waals surface area (Å²) in [6.45, 7) is 9.71. The first-order chi connectivity index (χ1) is 9.90. The van der Waals surface area contributed by atoms with Crippen LogP contribution < -0.4 is 5.73 Å². The predicted molar refractivity (Wildman–Crippen MR) is 86.4 cm³/mol. The highest BCUT2D eigenvalue weighted by Gasteiger charge is 2.20. The van der Waals surface area contributed by atoms with Gasteiger partial charge < -0.3 is 15.2 Å². The molecular weight excluding hydrogens is 290 g/mol. The molecule has 2 atom stereocenters. The Morgan fingerprint density at radius 3 is 2.52 bits per heavy atom. The van der Waals surface area contributed by atoms with Crippen molar-refractivity contribution in [3.63, 3.8) is 0 Å². The van der Waals surface area contributed by atoms with Crippen LogP contribution in [0.3, 0.4) is 0 Å². The normalized spacial score (nSPS) is 13.5. The Hall–Kier alpha value is -0.850. The number of carbonyl (C=O) groups is 2. The summed E-state index contributed by atoms with van der Waals surface area (Å²) in [6, 6.07) is 0. The van der Waals surface area contributed by atoms with Crippen LogP contribution in [0.2, 0.25) is 0 Å². The number of esters is 1. The van der Waals surface area contributed by atoms with Crippen molar-refractivity contribution < 1.29 is 19.1 Å². The summed E-state index contributed by atoms with van der Waals surface area (Å²) in [5.74, 6) is 1.32. The van der Waals surface area contributed by atoms with Crippen LogP contribution in [0.15, 0.2) is 12.2 Å². The number of nitrogens with two attached hydrogens (primary N) is 1. The summed E-state index contributed by atoms with van der Waals surface area (Å²) in [7, 11) is 0. The zero-order valence-electron chi connectivity index (χ0n) is 13.2. The topological polar surface area (TPSA) is 78.6 Å². The Morgan fingerprint density at radius 2 is 1.95 bits per heavy atom. The Labute approximate surface area is 131 Å². The lowest BCUT2D eigenvalue weighted by Gasteiger charge is -2.16. The van der Waals surface area contributed by atoms with Crippen molar-refractivity contribution in [1.82, 2.24) is 0 Å². The minimum absolute atomic E-state index is 0.0549. The van der Waals surface area contributed by atoms with Gasteiger partial charge in [0.15, 0.2) is 5.78 Å². The lowest BCUT2D eigenvalue weighted by molar-refractivity contribution is -0.142. The summed E-state index contributed by atoms with van der Waals surface area (Å²) >= 11 is 1.73. The molecule has 0 aromatic carbocycles. The van der Waals surface area contributed by atoms with Gasteiger partial charge in [-0.15, -0.1) is 0 Å². The largest absolute Gasteiger partial charge is 0.460 e. The average molecular weight is 317 g/mol. The molecule has 122 valence electrons. The lowest BCUT2D eigenvalue weighted by Crippen LogP contribution is -2.29. The van der Waals surface area contributed by atoms with Crippen molar-refractivity contribution in [3.8, 4) is 0 Å². The molecule has 0 aromatic rings. The Bertz CT molecular complexity index is 347. The highest BCUT2D eigenvalue weighted by atomic mass is 32.2. The van der Waals surface area contributed by atoms with E-state index in [1.165, 1.54) is 0 Å². The summed E-state index contributed by atoms with van der Waals surface area (Å²) in [5, 5.41) is 0. The summed E-state index contributed by atoms with van der Waals surface area (Å²) in [4.78, 5) is 23.2. The molecule has 0 bridgehead atoms. The van der Waals surface area contributed by atoms with Gasteiger partial charge in [0.05, 0.1) is 6.61 Å². The highest BCUT2D eigenvalue weighted by Crippen LogP contribution is 2.13. The smallest absolute Gasteiger partial charge is 0.333 e. The maximum atomic E-state index is 12.1. The van der Waals surface area contributed by atoms with Crippen LogP contribution in [-0.4, -0.2) is 49.1 Å². The number of thioether (sulfide) groups is 1. The minimum atomic E-state index is -0.487. The molecule has 0 saturated carbocycles. The van der Waals surface area contributed by atoms with Gasteiger partial charge >= 0.3 is 5.97 Å². The molecule has 0 aliphatic rings. The van der Waals surface area contributed by atoms with E-state index in [-0.39, 0.29) is 24.9 Å². The lowest BCUT2D eigenvalue weighted by atomic mass is 10.1. The van der Waals surface area contributed by atoms with Gasteiger partial charge in [-0.3, -0.25) is 4.79 Å². The van der Waals surface area contributed by atoms with Crippen LogP contribution in [0.1, 0.15) is 27.2 Å². The van der Waals surface area contributed by atoms with Crippen molar-refractivity contribution in [2.45, 2.75) is 33.3 Å². The molecule has 0 saturated heterocycles. The molecule has 0 radical (unpaired) electrons. The van der Waals surface area contributed by atoms with Gasteiger partial charge in [0.2, 0.25) is 0 Å². The third-order valence-corrected chi connectivity index (χ3v) is 4.09. The Kier molecular flexibility index (Phi) is 11.3. The molecule has 0 aliphatic carbocycles. The Morgan fingerprint density at radius 1 is 1.29 bits per heavy atom. The molecule has 0 aromatic heterocycles. The standard InChI is InChI=1S/C15H27NO4S/c1-11(2)15(18)20-8-7-19-13(4)14(17)12(3)10-21-9-5-6-16/h12-13H,1,5-10,16H2,2-4H3. The number of rotatable bonds is 12. The van der Waals surface area contributed by atoms with Crippen molar-refractivity contribution in [3.05, 3.63) is 12.2 Å². The number of Topliss-reactive ketones (excluding diaryl/α,β-unsaturated/α-hetero) is 1. The van der Waals surface area contributed by atoms with Crippen molar-refractivity contribution in [2.75, 3.05) is 31.3 Å². The summed E-state index contributed by atoms with van der Waals surface area (Å²) in [5.41, 5.74) is 5.77.